The Morgan fingerprint density at radius 3 is 2.67 bits per heavy atom. The average Bonchev–Trinajstić information content (AvgIpc) is 2.17. The van der Waals surface area contributed by atoms with Crippen molar-refractivity contribution in [2.45, 2.75) is 45.6 Å². The summed E-state index contributed by atoms with van der Waals surface area (Å²) in [6.07, 6.45) is 8.74. The fraction of sp³-hybridized carbons (Fsp3) is 0.583. The number of carbonyl (C=O) groups excluding carboxylic acids is 2. The van der Waals surface area contributed by atoms with Crippen LogP contribution >= 0.6 is 0 Å². The molecule has 0 saturated carbocycles. The summed E-state index contributed by atoms with van der Waals surface area (Å²) in [4.78, 5) is 20.8. The van der Waals surface area contributed by atoms with E-state index >= 15 is 0 Å². The average molecular weight is 211 g/mol. The molecule has 0 heterocycles. The molecule has 0 saturated heterocycles. The van der Waals surface area contributed by atoms with Crippen molar-refractivity contribution in [3.63, 3.8) is 0 Å². The SMILES string of the molecule is CCCCC[C@@H]([CH][CH][CH]C(C)=O)OC=O. The predicted octanol–water partition coefficient (Wildman–Crippen LogP) is 2.31. The smallest absolute Gasteiger partial charge is 0.293 e. The van der Waals surface area contributed by atoms with Crippen LogP contribution in [0.3, 0.4) is 0 Å². The van der Waals surface area contributed by atoms with E-state index in [1.54, 1.807) is 12.8 Å². The Hall–Kier alpha value is -0.860. The molecular formula is C12H19O3. The fourth-order valence-corrected chi connectivity index (χ4v) is 1.19. The minimum absolute atomic E-state index is 0.00957. The molecule has 0 fully saturated rings. The maximum absolute atomic E-state index is 10.6. The second kappa shape index (κ2) is 9.69. The molecule has 0 bridgehead atoms. The molecule has 3 heteroatoms. The molecule has 3 nitrogen and oxygen atoms in total. The van der Waals surface area contributed by atoms with Gasteiger partial charge in [0.1, 0.15) is 11.9 Å². The number of ether oxygens (including phenoxy) is 1. The molecular weight excluding hydrogens is 192 g/mol. The molecule has 0 aliphatic heterocycles. The fourth-order valence-electron chi connectivity index (χ4n) is 1.19. The Morgan fingerprint density at radius 2 is 2.13 bits per heavy atom. The maximum Gasteiger partial charge on any atom is 0.293 e. The second-order valence-electron chi connectivity index (χ2n) is 3.43. The molecule has 0 aromatic heterocycles. The highest BCUT2D eigenvalue weighted by Gasteiger charge is 2.09. The summed E-state index contributed by atoms with van der Waals surface area (Å²) in [5, 5.41) is 0. The number of hydrogen-bond donors (Lipinski definition) is 0. The number of unbranched alkanes of at least 4 members (excludes halogenated alkanes) is 2. The van der Waals surface area contributed by atoms with Crippen LogP contribution < -0.4 is 0 Å². The Kier molecular flexibility index (Phi) is 9.13. The van der Waals surface area contributed by atoms with Gasteiger partial charge in [0.15, 0.2) is 0 Å². The van der Waals surface area contributed by atoms with E-state index < -0.39 is 0 Å². The van der Waals surface area contributed by atoms with Crippen LogP contribution in [0.4, 0.5) is 0 Å². The van der Waals surface area contributed by atoms with Gasteiger partial charge in [-0.3, -0.25) is 9.59 Å². The zero-order chi connectivity index (χ0) is 11.5. The first kappa shape index (κ1) is 14.1. The number of carbonyl (C=O) groups is 2. The van der Waals surface area contributed by atoms with Crippen LogP contribution in [0.2, 0.25) is 0 Å². The van der Waals surface area contributed by atoms with Gasteiger partial charge in [-0.25, -0.2) is 0 Å². The predicted molar refractivity (Wildman–Crippen MR) is 58.7 cm³/mol. The molecule has 85 valence electrons. The highest BCUT2D eigenvalue weighted by molar-refractivity contribution is 5.86. The first-order valence-corrected chi connectivity index (χ1v) is 5.32. The van der Waals surface area contributed by atoms with Gasteiger partial charge in [0.2, 0.25) is 0 Å². The lowest BCUT2D eigenvalue weighted by molar-refractivity contribution is -0.132. The zero-order valence-electron chi connectivity index (χ0n) is 9.44. The van der Waals surface area contributed by atoms with Gasteiger partial charge in [0.25, 0.3) is 6.47 Å². The van der Waals surface area contributed by atoms with Crippen LogP contribution in [0.25, 0.3) is 0 Å². The van der Waals surface area contributed by atoms with Crippen molar-refractivity contribution in [2.24, 2.45) is 0 Å². The third-order valence-electron chi connectivity index (χ3n) is 1.98. The summed E-state index contributed by atoms with van der Waals surface area (Å²) < 4.78 is 4.87. The Bertz CT molecular complexity index is 178. The standard InChI is InChI=1S/C12H19O3/c1-3-4-5-8-12(15-10-13)9-6-7-11(2)14/h6-7,9-10,12H,3-5,8H2,1-2H3/t12-/m0/s1. The molecule has 0 N–H and O–H groups in total. The van der Waals surface area contributed by atoms with E-state index in [9.17, 15) is 9.59 Å². The lowest BCUT2D eigenvalue weighted by atomic mass is 10.0. The Morgan fingerprint density at radius 1 is 1.40 bits per heavy atom. The molecule has 0 aliphatic carbocycles. The third-order valence-corrected chi connectivity index (χ3v) is 1.98. The summed E-state index contributed by atoms with van der Waals surface area (Å²) in [5.74, 6) is -0.00957. The summed E-state index contributed by atoms with van der Waals surface area (Å²) >= 11 is 0. The molecule has 0 aliphatic rings. The minimum atomic E-state index is -0.204. The van der Waals surface area contributed by atoms with Crippen LogP contribution in [-0.4, -0.2) is 18.4 Å². The topological polar surface area (TPSA) is 43.4 Å². The van der Waals surface area contributed by atoms with Crippen molar-refractivity contribution in [2.75, 3.05) is 0 Å². The number of hydrogen-bond acceptors (Lipinski definition) is 3. The van der Waals surface area contributed by atoms with Gasteiger partial charge < -0.3 is 4.74 Å². The van der Waals surface area contributed by atoms with Crippen LogP contribution in [0.5, 0.6) is 0 Å². The molecule has 0 aromatic rings. The normalized spacial score (nSPS) is 12.1. The van der Waals surface area contributed by atoms with Gasteiger partial charge >= 0.3 is 0 Å². The van der Waals surface area contributed by atoms with Crippen molar-refractivity contribution in [3.8, 4) is 0 Å². The Labute approximate surface area is 92.2 Å². The zero-order valence-corrected chi connectivity index (χ0v) is 9.44. The Balaban J connectivity index is 3.62. The number of Topliss-reactive ketones (excluding diaryl/α,β-unsaturated/α-hetero) is 1. The van der Waals surface area contributed by atoms with Gasteiger partial charge in [0, 0.05) is 12.8 Å². The van der Waals surface area contributed by atoms with Gasteiger partial charge in [-0.2, -0.15) is 0 Å². The van der Waals surface area contributed by atoms with Gasteiger partial charge in [-0.15, -0.1) is 0 Å². The summed E-state index contributed by atoms with van der Waals surface area (Å²) in [7, 11) is 0. The van der Waals surface area contributed by atoms with Crippen LogP contribution in [0, 0.1) is 19.3 Å². The summed E-state index contributed by atoms with van der Waals surface area (Å²) in [6.45, 7) is 4.06. The molecule has 1 atom stereocenters. The highest BCUT2D eigenvalue weighted by atomic mass is 16.5. The number of ketones is 1. The summed E-state index contributed by atoms with van der Waals surface area (Å²) in [5.41, 5.74) is 0. The van der Waals surface area contributed by atoms with E-state index in [-0.39, 0.29) is 11.9 Å². The third kappa shape index (κ3) is 9.44. The second-order valence-corrected chi connectivity index (χ2v) is 3.43. The lowest BCUT2D eigenvalue weighted by Gasteiger charge is -2.13. The van der Waals surface area contributed by atoms with E-state index in [4.69, 9.17) is 4.74 Å². The van der Waals surface area contributed by atoms with E-state index in [1.165, 1.54) is 13.3 Å². The lowest BCUT2D eigenvalue weighted by Crippen LogP contribution is -2.13. The maximum atomic E-state index is 10.6. The van der Waals surface area contributed by atoms with E-state index in [0.29, 0.717) is 6.47 Å². The van der Waals surface area contributed by atoms with Crippen LogP contribution in [0.1, 0.15) is 39.5 Å². The number of rotatable bonds is 10. The quantitative estimate of drug-likeness (QED) is 0.411. The molecule has 0 aromatic carbocycles. The molecule has 0 spiro atoms. The van der Waals surface area contributed by atoms with Crippen molar-refractivity contribution >= 4 is 12.3 Å². The van der Waals surface area contributed by atoms with Crippen LogP contribution in [-0.2, 0) is 14.3 Å². The first-order chi connectivity index (χ1) is 7.20. The molecule has 15 heavy (non-hydrogen) atoms. The van der Waals surface area contributed by atoms with Gasteiger partial charge in [-0.1, -0.05) is 19.8 Å². The summed E-state index contributed by atoms with van der Waals surface area (Å²) in [6, 6.07) is 0. The van der Waals surface area contributed by atoms with Crippen molar-refractivity contribution in [1.29, 1.82) is 0 Å². The van der Waals surface area contributed by atoms with Gasteiger partial charge in [0.05, 0.1) is 0 Å². The van der Waals surface area contributed by atoms with E-state index in [2.05, 4.69) is 6.92 Å². The van der Waals surface area contributed by atoms with Crippen molar-refractivity contribution in [3.05, 3.63) is 19.3 Å². The molecule has 0 amide bonds. The molecule has 0 unspecified atom stereocenters. The van der Waals surface area contributed by atoms with Crippen molar-refractivity contribution in [1.82, 2.24) is 0 Å². The van der Waals surface area contributed by atoms with Crippen LogP contribution in [0.15, 0.2) is 0 Å². The monoisotopic (exact) mass is 211 g/mol. The van der Waals surface area contributed by atoms with E-state index in [0.717, 1.165) is 25.7 Å². The molecule has 0 rings (SSSR count). The van der Waals surface area contributed by atoms with Gasteiger partial charge in [-0.05, 0) is 26.2 Å². The van der Waals surface area contributed by atoms with E-state index in [1.807, 2.05) is 0 Å². The van der Waals surface area contributed by atoms with Crippen molar-refractivity contribution < 1.29 is 14.3 Å². The largest absolute Gasteiger partial charge is 0.464 e. The highest BCUT2D eigenvalue weighted by Crippen LogP contribution is 2.11. The molecule has 3 radical (unpaired) electrons. The first-order valence-electron chi connectivity index (χ1n) is 5.32. The minimum Gasteiger partial charge on any atom is -0.464 e.